The number of anilines is 1. The second-order valence-electron chi connectivity index (χ2n) is 9.57. The first kappa shape index (κ1) is 28.7. The Morgan fingerprint density at radius 3 is 2.64 bits per heavy atom. The van der Waals surface area contributed by atoms with E-state index < -0.39 is 34.5 Å². The summed E-state index contributed by atoms with van der Waals surface area (Å²) in [5.74, 6) is -0.860. The fraction of sp³-hybridized carbons (Fsp3) is 0.0625. The smallest absolute Gasteiger partial charge is 0.311 e. The van der Waals surface area contributed by atoms with Gasteiger partial charge in [-0.05, 0) is 48.5 Å². The maximum atomic E-state index is 14.0. The summed E-state index contributed by atoms with van der Waals surface area (Å²) in [5, 5.41) is 19.5. The molecule has 6 rings (SSSR count). The van der Waals surface area contributed by atoms with Gasteiger partial charge < -0.3 is 19.2 Å². The summed E-state index contributed by atoms with van der Waals surface area (Å²) >= 11 is 0. The van der Waals surface area contributed by atoms with Crippen molar-refractivity contribution in [3.05, 3.63) is 123 Å². The third-order valence-corrected chi connectivity index (χ3v) is 6.74. The molecule has 224 valence electrons. The number of carbonyl (C=O) groups excluding carboxylic acids is 1. The number of carbonyl (C=O) groups is 1. The number of amides is 1. The molecule has 0 fully saturated rings. The van der Waals surface area contributed by atoms with E-state index >= 15 is 0 Å². The van der Waals surface area contributed by atoms with Gasteiger partial charge in [-0.25, -0.2) is 9.37 Å². The molecule has 0 saturated heterocycles. The van der Waals surface area contributed by atoms with Gasteiger partial charge in [0.1, 0.15) is 17.1 Å². The predicted octanol–water partition coefficient (Wildman–Crippen LogP) is 5.77. The molecule has 0 unspecified atom stereocenters. The third-order valence-electron chi connectivity index (χ3n) is 6.74. The minimum atomic E-state index is -0.751. The molecule has 4 aromatic carbocycles. The van der Waals surface area contributed by atoms with Crippen LogP contribution in [0, 0.1) is 15.9 Å². The van der Waals surface area contributed by atoms with E-state index in [0.717, 1.165) is 4.68 Å². The van der Waals surface area contributed by atoms with Crippen LogP contribution in [0.5, 0.6) is 11.5 Å². The number of nitro groups is 1. The molecule has 0 spiro atoms. The number of halogens is 1. The number of methoxy groups -OCH3 is 1. The zero-order chi connectivity index (χ0) is 31.5. The number of hydrogen-bond donors (Lipinski definition) is 1. The fourth-order valence-corrected chi connectivity index (χ4v) is 4.66. The highest BCUT2D eigenvalue weighted by atomic mass is 19.1. The van der Waals surface area contributed by atoms with Crippen LogP contribution in [0.3, 0.4) is 0 Å². The highest BCUT2D eigenvalue weighted by Crippen LogP contribution is 2.33. The minimum Gasteiger partial charge on any atom is -0.496 e. The van der Waals surface area contributed by atoms with E-state index in [1.807, 2.05) is 0 Å². The van der Waals surface area contributed by atoms with E-state index in [0.29, 0.717) is 22.2 Å². The quantitative estimate of drug-likeness (QED) is 0.124. The SMILES string of the molecule is COc1cccc2oc(-c3nc4ccccc4c(=O)n3N=Cc3cccc([N+](=O)[O-])c3OCC(=O)Nc3ccccc3F)cc12. The van der Waals surface area contributed by atoms with Crippen molar-refractivity contribution in [3.8, 4) is 23.1 Å². The van der Waals surface area contributed by atoms with E-state index in [1.165, 1.54) is 55.8 Å². The molecule has 1 N–H and O–H groups in total. The fourth-order valence-electron chi connectivity index (χ4n) is 4.66. The second-order valence-corrected chi connectivity index (χ2v) is 9.57. The number of nitrogens with zero attached hydrogens (tertiary/aromatic N) is 4. The summed E-state index contributed by atoms with van der Waals surface area (Å²) in [5.41, 5.74) is -0.0841. The molecule has 13 heteroatoms. The van der Waals surface area contributed by atoms with Gasteiger partial charge in [0.2, 0.25) is 11.6 Å². The predicted molar refractivity (Wildman–Crippen MR) is 164 cm³/mol. The van der Waals surface area contributed by atoms with E-state index in [-0.39, 0.29) is 34.0 Å². The Balaban J connectivity index is 1.41. The van der Waals surface area contributed by atoms with Gasteiger partial charge in [0.25, 0.3) is 11.5 Å². The van der Waals surface area contributed by atoms with Crippen molar-refractivity contribution in [1.29, 1.82) is 0 Å². The second kappa shape index (κ2) is 12.1. The Labute approximate surface area is 253 Å². The molecule has 2 aromatic heterocycles. The van der Waals surface area contributed by atoms with Gasteiger partial charge in [0.15, 0.2) is 12.4 Å². The molecule has 2 heterocycles. The van der Waals surface area contributed by atoms with Crippen molar-refractivity contribution in [2.24, 2.45) is 5.10 Å². The lowest BCUT2D eigenvalue weighted by Crippen LogP contribution is -2.22. The maximum absolute atomic E-state index is 14.0. The van der Waals surface area contributed by atoms with Crippen LogP contribution in [0.4, 0.5) is 15.8 Å². The van der Waals surface area contributed by atoms with Crippen LogP contribution >= 0.6 is 0 Å². The first-order chi connectivity index (χ1) is 21.8. The highest BCUT2D eigenvalue weighted by molar-refractivity contribution is 5.93. The monoisotopic (exact) mass is 607 g/mol. The first-order valence-corrected chi connectivity index (χ1v) is 13.4. The summed E-state index contributed by atoms with van der Waals surface area (Å²) < 4.78 is 32.0. The molecule has 0 atom stereocenters. The number of aromatic nitrogens is 2. The van der Waals surface area contributed by atoms with Crippen LogP contribution < -0.4 is 20.3 Å². The van der Waals surface area contributed by atoms with Crippen molar-refractivity contribution < 1.29 is 28.0 Å². The van der Waals surface area contributed by atoms with E-state index in [1.54, 1.807) is 48.5 Å². The molecular formula is C32H22FN5O7. The summed E-state index contributed by atoms with van der Waals surface area (Å²) in [6.45, 7) is -0.677. The largest absolute Gasteiger partial charge is 0.496 e. The van der Waals surface area contributed by atoms with Gasteiger partial charge in [0.05, 0.1) is 40.2 Å². The minimum absolute atomic E-state index is 0.0605. The van der Waals surface area contributed by atoms with Gasteiger partial charge in [-0.1, -0.05) is 36.4 Å². The molecule has 0 aliphatic rings. The number of rotatable bonds is 9. The average Bonchev–Trinajstić information content (AvgIpc) is 3.49. The van der Waals surface area contributed by atoms with Gasteiger partial charge >= 0.3 is 5.69 Å². The molecular weight excluding hydrogens is 585 g/mol. The summed E-state index contributed by atoms with van der Waals surface area (Å²) in [7, 11) is 1.53. The van der Waals surface area contributed by atoms with Crippen LogP contribution in [0.25, 0.3) is 33.5 Å². The average molecular weight is 608 g/mol. The van der Waals surface area contributed by atoms with Crippen molar-refractivity contribution in [2.75, 3.05) is 19.0 Å². The number of fused-ring (bicyclic) bond motifs is 2. The summed E-state index contributed by atoms with van der Waals surface area (Å²) in [6, 6.07) is 23.2. The molecule has 6 aromatic rings. The Hall–Kier alpha value is -6.37. The number of nitrogens with one attached hydrogen (secondary N) is 1. The standard InChI is InChI=1S/C32H22FN5O7/c1-43-26-14-7-15-27-21(26)16-28(45-27)31-36-23-11-4-2-9-20(23)32(40)37(31)34-17-19-8-6-13-25(38(41)42)30(19)44-18-29(39)35-24-12-5-3-10-22(24)33/h2-17H,18H2,1H3,(H,35,39). The van der Waals surface area contributed by atoms with Crippen molar-refractivity contribution in [2.45, 2.75) is 0 Å². The number of furan rings is 1. The third kappa shape index (κ3) is 5.69. The van der Waals surface area contributed by atoms with E-state index in [9.17, 15) is 24.1 Å². The molecule has 0 aliphatic carbocycles. The van der Waals surface area contributed by atoms with E-state index in [2.05, 4.69) is 15.4 Å². The number of hydrogen-bond acceptors (Lipinski definition) is 9. The molecule has 45 heavy (non-hydrogen) atoms. The Kier molecular flexibility index (Phi) is 7.72. The molecule has 0 radical (unpaired) electrons. The van der Waals surface area contributed by atoms with Crippen molar-refractivity contribution in [3.63, 3.8) is 0 Å². The van der Waals surface area contributed by atoms with Crippen LogP contribution in [0.1, 0.15) is 5.56 Å². The normalized spacial score (nSPS) is 11.2. The Morgan fingerprint density at radius 2 is 1.84 bits per heavy atom. The van der Waals surface area contributed by atoms with Crippen LogP contribution in [0.15, 0.2) is 105 Å². The number of nitro benzene ring substituents is 1. The molecule has 12 nitrogen and oxygen atoms in total. The lowest BCUT2D eigenvalue weighted by Gasteiger charge is -2.11. The van der Waals surface area contributed by atoms with Gasteiger partial charge in [-0.2, -0.15) is 9.78 Å². The maximum Gasteiger partial charge on any atom is 0.311 e. The Morgan fingerprint density at radius 1 is 1.07 bits per heavy atom. The van der Waals surface area contributed by atoms with E-state index in [4.69, 9.17) is 13.9 Å². The summed E-state index contributed by atoms with van der Waals surface area (Å²) in [6.07, 6.45) is 1.18. The lowest BCUT2D eigenvalue weighted by atomic mass is 10.2. The zero-order valence-electron chi connectivity index (χ0n) is 23.5. The van der Waals surface area contributed by atoms with Crippen LogP contribution in [-0.4, -0.2) is 40.4 Å². The van der Waals surface area contributed by atoms with Crippen molar-refractivity contribution >= 4 is 45.4 Å². The molecule has 0 aliphatic heterocycles. The lowest BCUT2D eigenvalue weighted by molar-refractivity contribution is -0.385. The van der Waals surface area contributed by atoms with Crippen molar-refractivity contribution in [1.82, 2.24) is 9.66 Å². The first-order valence-electron chi connectivity index (χ1n) is 13.4. The van der Waals surface area contributed by atoms with Crippen LogP contribution in [0.2, 0.25) is 0 Å². The topological polar surface area (TPSA) is 151 Å². The summed E-state index contributed by atoms with van der Waals surface area (Å²) in [4.78, 5) is 42.0. The number of ether oxygens (including phenoxy) is 2. The molecule has 1 amide bonds. The van der Waals surface area contributed by atoms with Gasteiger partial charge in [-0.15, -0.1) is 0 Å². The zero-order valence-corrected chi connectivity index (χ0v) is 23.5. The molecule has 0 bridgehead atoms. The Bertz CT molecular complexity index is 2190. The van der Waals surface area contributed by atoms with Gasteiger partial charge in [0, 0.05) is 11.6 Å². The highest BCUT2D eigenvalue weighted by Gasteiger charge is 2.21. The van der Waals surface area contributed by atoms with Crippen LogP contribution in [-0.2, 0) is 4.79 Å². The van der Waals surface area contributed by atoms with Gasteiger partial charge in [-0.3, -0.25) is 19.7 Å². The number of benzene rings is 4. The molecule has 0 saturated carbocycles. The number of para-hydroxylation sites is 3.